The van der Waals surface area contributed by atoms with E-state index < -0.39 is 23.7 Å². The number of rotatable bonds is 7. The zero-order valence-electron chi connectivity index (χ0n) is 21.0. The molecule has 192 valence electrons. The van der Waals surface area contributed by atoms with Gasteiger partial charge in [-0.1, -0.05) is 29.5 Å². The minimum absolute atomic E-state index is 0.116. The van der Waals surface area contributed by atoms with Crippen LogP contribution in [0.4, 0.5) is 5.13 Å². The van der Waals surface area contributed by atoms with E-state index in [4.69, 9.17) is 14.2 Å². The highest BCUT2D eigenvalue weighted by Gasteiger charge is 2.49. The smallest absolute Gasteiger partial charge is 0.350 e. The number of benzene rings is 2. The number of ketones is 1. The van der Waals surface area contributed by atoms with Gasteiger partial charge in [0.05, 0.1) is 32.1 Å². The van der Waals surface area contributed by atoms with E-state index >= 15 is 0 Å². The third-order valence-electron chi connectivity index (χ3n) is 5.99. The van der Waals surface area contributed by atoms with Crippen molar-refractivity contribution in [3.8, 4) is 11.5 Å². The first-order valence-electron chi connectivity index (χ1n) is 11.5. The molecule has 3 aromatic rings. The number of esters is 1. The van der Waals surface area contributed by atoms with Gasteiger partial charge in [-0.3, -0.25) is 14.5 Å². The number of hydrogen-bond acceptors (Lipinski definition) is 9. The van der Waals surface area contributed by atoms with Gasteiger partial charge in [-0.15, -0.1) is 0 Å². The number of aliphatic hydroxyl groups excluding tert-OH is 1. The van der Waals surface area contributed by atoms with Crippen LogP contribution < -0.4 is 14.4 Å². The number of carbonyl (C=O) groups excluding carboxylic acids is 3. The molecule has 9 nitrogen and oxygen atoms in total. The summed E-state index contributed by atoms with van der Waals surface area (Å²) in [5, 5.41) is 11.5. The van der Waals surface area contributed by atoms with Crippen molar-refractivity contribution in [3.63, 3.8) is 0 Å². The normalized spacial score (nSPS) is 16.7. The molecule has 0 bridgehead atoms. The number of aliphatic hydroxyl groups is 1. The zero-order valence-corrected chi connectivity index (χ0v) is 21.8. The van der Waals surface area contributed by atoms with Gasteiger partial charge in [0.25, 0.3) is 5.78 Å². The largest absolute Gasteiger partial charge is 0.507 e. The Hall–Kier alpha value is -4.18. The standard InChI is InChI=1S/C27H26N2O7S/c1-6-36-19-10-8-7-9-17(19)21-20(22(30)16-11-12-18(34-4)14(2)13-16)23(31)25(32)29(21)27-28-15(3)24(37-27)26(33)35-5/h7-13,21,30H,6H2,1-5H3/t21-/m1/s1. The van der Waals surface area contributed by atoms with Crippen LogP contribution in [0.15, 0.2) is 48.0 Å². The number of hydrogen-bond donors (Lipinski definition) is 1. The molecule has 0 unspecified atom stereocenters. The first-order valence-corrected chi connectivity index (χ1v) is 12.3. The van der Waals surface area contributed by atoms with Gasteiger partial charge in [-0.2, -0.15) is 0 Å². The Morgan fingerprint density at radius 1 is 1.11 bits per heavy atom. The van der Waals surface area contributed by atoms with Gasteiger partial charge >= 0.3 is 11.9 Å². The highest BCUT2D eigenvalue weighted by atomic mass is 32.1. The number of nitrogens with zero attached hydrogens (tertiary/aromatic N) is 2. The molecule has 1 atom stereocenters. The van der Waals surface area contributed by atoms with E-state index in [1.165, 1.54) is 19.1 Å². The van der Waals surface area contributed by atoms with Crippen molar-refractivity contribution in [1.29, 1.82) is 0 Å². The number of para-hydroxylation sites is 1. The van der Waals surface area contributed by atoms with Gasteiger partial charge in [-0.25, -0.2) is 9.78 Å². The molecule has 1 aliphatic heterocycles. The summed E-state index contributed by atoms with van der Waals surface area (Å²) < 4.78 is 15.9. The second-order valence-electron chi connectivity index (χ2n) is 8.23. The van der Waals surface area contributed by atoms with Gasteiger partial charge in [0, 0.05) is 11.1 Å². The van der Waals surface area contributed by atoms with E-state index in [0.717, 1.165) is 16.9 Å². The summed E-state index contributed by atoms with van der Waals surface area (Å²) in [6.45, 7) is 5.59. The lowest BCUT2D eigenvalue weighted by Crippen LogP contribution is -2.29. The second kappa shape index (κ2) is 10.4. The number of methoxy groups -OCH3 is 2. The Morgan fingerprint density at radius 2 is 1.84 bits per heavy atom. The topological polar surface area (TPSA) is 115 Å². The van der Waals surface area contributed by atoms with Crippen molar-refractivity contribution in [2.45, 2.75) is 26.8 Å². The van der Waals surface area contributed by atoms with Gasteiger partial charge in [0.1, 0.15) is 28.2 Å². The molecule has 2 aromatic carbocycles. The average molecular weight is 523 g/mol. The number of ether oxygens (including phenoxy) is 3. The number of anilines is 1. The third kappa shape index (κ3) is 4.55. The van der Waals surface area contributed by atoms with E-state index in [0.29, 0.717) is 34.9 Å². The molecule has 0 aliphatic carbocycles. The molecule has 0 spiro atoms. The van der Waals surface area contributed by atoms with Crippen LogP contribution >= 0.6 is 11.3 Å². The van der Waals surface area contributed by atoms with Gasteiger partial charge < -0.3 is 19.3 Å². The molecule has 1 aromatic heterocycles. The maximum absolute atomic E-state index is 13.5. The lowest BCUT2D eigenvalue weighted by Gasteiger charge is -2.24. The molecule has 1 amide bonds. The summed E-state index contributed by atoms with van der Waals surface area (Å²) in [5.74, 6) is -1.64. The zero-order chi connectivity index (χ0) is 26.9. The molecule has 2 heterocycles. The number of amides is 1. The SMILES string of the molecule is CCOc1ccccc1[C@@H]1C(=C(O)c2ccc(OC)c(C)c2)C(=O)C(=O)N1c1nc(C)c(C(=O)OC)s1. The van der Waals surface area contributed by atoms with Gasteiger partial charge in [-0.05, 0) is 50.6 Å². The molecular formula is C27H26N2O7S. The number of carbonyl (C=O) groups is 3. The number of aromatic nitrogens is 1. The van der Waals surface area contributed by atoms with Gasteiger partial charge in [0.2, 0.25) is 0 Å². The highest BCUT2D eigenvalue weighted by Crippen LogP contribution is 2.46. The fourth-order valence-electron chi connectivity index (χ4n) is 4.27. The summed E-state index contributed by atoms with van der Waals surface area (Å²) in [5.41, 5.74) is 1.82. The predicted molar refractivity (Wildman–Crippen MR) is 138 cm³/mol. The van der Waals surface area contributed by atoms with Crippen LogP contribution in [0.25, 0.3) is 5.76 Å². The Morgan fingerprint density at radius 3 is 2.49 bits per heavy atom. The van der Waals surface area contributed by atoms with Crippen molar-refractivity contribution in [3.05, 3.63) is 75.3 Å². The van der Waals surface area contributed by atoms with Crippen LogP contribution in [0.5, 0.6) is 11.5 Å². The fourth-order valence-corrected chi connectivity index (χ4v) is 5.28. The minimum atomic E-state index is -1.05. The predicted octanol–water partition coefficient (Wildman–Crippen LogP) is 4.58. The van der Waals surface area contributed by atoms with E-state index in [1.54, 1.807) is 49.4 Å². The Labute approximate surface area is 217 Å². The van der Waals surface area contributed by atoms with E-state index in [1.807, 2.05) is 13.8 Å². The van der Waals surface area contributed by atoms with Crippen LogP contribution in [0.2, 0.25) is 0 Å². The van der Waals surface area contributed by atoms with Crippen molar-refractivity contribution in [2.75, 3.05) is 25.7 Å². The maximum Gasteiger partial charge on any atom is 0.350 e. The quantitative estimate of drug-likeness (QED) is 0.208. The maximum atomic E-state index is 13.5. The first kappa shape index (κ1) is 25.9. The molecule has 10 heteroatoms. The molecule has 1 saturated heterocycles. The van der Waals surface area contributed by atoms with Crippen LogP contribution in [0.1, 0.15) is 45.0 Å². The van der Waals surface area contributed by atoms with Crippen molar-refractivity contribution in [1.82, 2.24) is 4.98 Å². The molecular weight excluding hydrogens is 496 g/mol. The molecule has 0 radical (unpaired) electrons. The molecule has 37 heavy (non-hydrogen) atoms. The number of thiazole rings is 1. The summed E-state index contributed by atoms with van der Waals surface area (Å²) in [7, 11) is 2.79. The average Bonchev–Trinajstić information content (AvgIpc) is 3.40. The summed E-state index contributed by atoms with van der Waals surface area (Å²) in [4.78, 5) is 45.0. The third-order valence-corrected chi connectivity index (χ3v) is 7.13. The van der Waals surface area contributed by atoms with E-state index in [-0.39, 0.29) is 21.3 Å². The van der Waals surface area contributed by atoms with Crippen LogP contribution in [0, 0.1) is 13.8 Å². The van der Waals surface area contributed by atoms with Crippen LogP contribution in [0.3, 0.4) is 0 Å². The van der Waals surface area contributed by atoms with E-state index in [2.05, 4.69) is 4.98 Å². The lowest BCUT2D eigenvalue weighted by molar-refractivity contribution is -0.132. The molecule has 4 rings (SSSR count). The minimum Gasteiger partial charge on any atom is -0.507 e. The Kier molecular flexibility index (Phi) is 7.30. The lowest BCUT2D eigenvalue weighted by atomic mass is 9.94. The highest BCUT2D eigenvalue weighted by molar-refractivity contribution is 7.17. The van der Waals surface area contributed by atoms with E-state index in [9.17, 15) is 19.5 Å². The van der Waals surface area contributed by atoms with Crippen molar-refractivity contribution in [2.24, 2.45) is 0 Å². The molecule has 0 saturated carbocycles. The van der Waals surface area contributed by atoms with Crippen molar-refractivity contribution < 1.29 is 33.7 Å². The first-order chi connectivity index (χ1) is 17.7. The molecule has 1 N–H and O–H groups in total. The van der Waals surface area contributed by atoms with Gasteiger partial charge in [0.15, 0.2) is 5.13 Å². The Bertz CT molecular complexity index is 1430. The number of aryl methyl sites for hydroxylation is 2. The molecule has 1 fully saturated rings. The molecule has 1 aliphatic rings. The van der Waals surface area contributed by atoms with Crippen LogP contribution in [-0.4, -0.2) is 48.6 Å². The Balaban J connectivity index is 1.97. The monoisotopic (exact) mass is 522 g/mol. The number of Topliss-reactive ketones (excluding diaryl/α,β-unsaturated/α-hetero) is 1. The van der Waals surface area contributed by atoms with Crippen LogP contribution in [-0.2, 0) is 14.3 Å². The second-order valence-corrected chi connectivity index (χ2v) is 9.20. The summed E-state index contributed by atoms with van der Waals surface area (Å²) in [6.07, 6.45) is 0. The fraction of sp³-hybridized carbons (Fsp3) is 0.259. The summed E-state index contributed by atoms with van der Waals surface area (Å²) in [6, 6.07) is 10.9. The summed E-state index contributed by atoms with van der Waals surface area (Å²) >= 11 is 0.935. The van der Waals surface area contributed by atoms with Crippen molar-refractivity contribution >= 4 is 39.9 Å².